The van der Waals surface area contributed by atoms with Crippen molar-refractivity contribution >= 4 is 71.0 Å². The molecule has 2 saturated heterocycles. The average Bonchev–Trinajstić information content (AvgIpc) is 4.10. The van der Waals surface area contributed by atoms with E-state index in [1.165, 1.54) is 34.7 Å². The van der Waals surface area contributed by atoms with Gasteiger partial charge in [-0.25, -0.2) is 14.2 Å². The van der Waals surface area contributed by atoms with Gasteiger partial charge in [0.15, 0.2) is 5.82 Å². The number of quaternary nitrogens is 1. The number of fused-ring (bicyclic) bond motifs is 1. The second kappa shape index (κ2) is 19.5. The number of hydrogen-bond acceptors (Lipinski definition) is 13. The number of hydrogen-bond donors (Lipinski definition) is 6. The Hall–Kier alpha value is -5.86. The number of benzene rings is 2. The predicted octanol–water partition coefficient (Wildman–Crippen LogP) is 4.94. The van der Waals surface area contributed by atoms with Gasteiger partial charge in [-0.05, 0) is 79.7 Å². The van der Waals surface area contributed by atoms with Gasteiger partial charge < -0.3 is 26.0 Å². The van der Waals surface area contributed by atoms with Crippen LogP contribution in [0, 0.1) is 12.7 Å². The van der Waals surface area contributed by atoms with Crippen LogP contribution < -0.4 is 41.0 Å². The monoisotopic (exact) mass is 870 g/mol. The first-order chi connectivity index (χ1) is 29.9. The van der Waals surface area contributed by atoms with E-state index < -0.39 is 16.0 Å². The number of halogens is 1. The lowest BCUT2D eigenvalue weighted by atomic mass is 10.1. The largest absolute Gasteiger partial charge is 0.495 e. The molecule has 2 aromatic heterocycles. The van der Waals surface area contributed by atoms with Gasteiger partial charge in [0, 0.05) is 80.0 Å². The van der Waals surface area contributed by atoms with Crippen molar-refractivity contribution in [3.63, 3.8) is 0 Å². The molecule has 4 aromatic rings. The Bertz CT molecular complexity index is 2450. The summed E-state index contributed by atoms with van der Waals surface area (Å²) in [5.74, 6) is -0.608. The molecule has 19 heteroatoms. The maximum Gasteiger partial charge on any atom is 0.328 e. The van der Waals surface area contributed by atoms with Crippen LogP contribution in [0.3, 0.4) is 0 Å². The number of nitrogens with two attached hydrogens (primary N) is 1. The van der Waals surface area contributed by atoms with E-state index in [4.69, 9.17) is 10.5 Å². The van der Waals surface area contributed by atoms with Gasteiger partial charge in [0.1, 0.15) is 30.0 Å². The number of thiol groups is 1. The maximum atomic E-state index is 15.6. The van der Waals surface area contributed by atoms with E-state index >= 15 is 4.39 Å². The number of carbonyl (C=O) groups is 3. The van der Waals surface area contributed by atoms with Gasteiger partial charge in [0.2, 0.25) is 11.6 Å². The van der Waals surface area contributed by atoms with Crippen LogP contribution in [0.15, 0.2) is 70.7 Å². The summed E-state index contributed by atoms with van der Waals surface area (Å²) in [5, 5.41) is 21.4. The third kappa shape index (κ3) is 10.2. The fourth-order valence-corrected chi connectivity index (χ4v) is 7.72. The SMILES string of the molecule is COc1ccc(C(=O)NCCCCCCN2CCN([N+](O)(S)c3ccc(Nc4nc5ccc(/C(C=NC6CC6)=C/N)cn5c(=O)c4C)c(F)c3)CC2)cc1N1CCC(=O)NC1=O. The van der Waals surface area contributed by atoms with E-state index in [0.717, 1.165) is 50.6 Å². The Kier molecular flexibility index (Phi) is 13.9. The molecule has 17 nitrogen and oxygen atoms in total. The van der Waals surface area contributed by atoms with Gasteiger partial charge in [0.25, 0.3) is 11.5 Å². The van der Waals surface area contributed by atoms with Crippen molar-refractivity contribution < 1.29 is 28.7 Å². The number of urea groups is 1. The topological polar surface area (TPSA) is 199 Å². The zero-order valence-electron chi connectivity index (χ0n) is 34.8. The van der Waals surface area contributed by atoms with E-state index in [-0.39, 0.29) is 47.5 Å². The highest BCUT2D eigenvalue weighted by Crippen LogP contribution is 2.33. The molecule has 62 heavy (non-hydrogen) atoms. The molecule has 7 rings (SSSR count). The van der Waals surface area contributed by atoms with E-state index in [2.05, 4.69) is 43.6 Å². The highest BCUT2D eigenvalue weighted by Gasteiger charge is 2.38. The van der Waals surface area contributed by atoms with E-state index in [1.54, 1.807) is 60.7 Å². The molecule has 2 aromatic carbocycles. The Morgan fingerprint density at radius 1 is 1.05 bits per heavy atom. The van der Waals surface area contributed by atoms with Crippen LogP contribution in [0.2, 0.25) is 0 Å². The van der Waals surface area contributed by atoms with Crippen molar-refractivity contribution in [3.8, 4) is 5.75 Å². The van der Waals surface area contributed by atoms with Crippen molar-refractivity contribution in [2.75, 3.05) is 63.1 Å². The fraction of sp³-hybridized carbons (Fsp3) is 0.395. The molecule has 3 fully saturated rings. The van der Waals surface area contributed by atoms with E-state index in [1.807, 2.05) is 0 Å². The summed E-state index contributed by atoms with van der Waals surface area (Å²) in [6.07, 6.45) is 10.8. The Morgan fingerprint density at radius 2 is 1.81 bits per heavy atom. The lowest BCUT2D eigenvalue weighted by molar-refractivity contribution is -0.158. The smallest absolute Gasteiger partial charge is 0.328 e. The van der Waals surface area contributed by atoms with Gasteiger partial charge >= 0.3 is 6.03 Å². The minimum absolute atomic E-state index is 0.0890. The second-order valence-corrected chi connectivity index (χ2v) is 16.2. The number of aromatic nitrogens is 2. The molecule has 4 amide bonds. The second-order valence-electron chi connectivity index (χ2n) is 15.6. The van der Waals surface area contributed by atoms with Gasteiger partial charge in [0.05, 0.1) is 43.2 Å². The minimum Gasteiger partial charge on any atom is -0.495 e. The third-order valence-electron chi connectivity index (χ3n) is 11.3. The molecule has 0 radical (unpaired) electrons. The number of imide groups is 1. The third-order valence-corrected chi connectivity index (χ3v) is 11.8. The number of unbranched alkanes of at least 4 members (excludes halogenated alkanes) is 3. The molecular weight excluding hydrogens is 818 g/mol. The first-order valence-corrected chi connectivity index (χ1v) is 21.2. The number of nitrogens with zero attached hydrogens (tertiary/aromatic N) is 7. The standard InChI is InChI=1S/C43H52FN11O6S/c1-28-40(49-38-14-8-30(27-54(38)42(28)58)31(25-45)26-47-32-9-10-32)48-35-12-11-33(24-34(35)44)55(60,62)52-21-19-51(20-22-52)17-6-4-3-5-16-46-41(57)29-7-13-37(61-2)36(23-29)53-18-15-39(56)50-43(53)59/h7-8,11-14,23-27,32,60,62H,3-6,9-10,15-22H2,1-2H3,(H4-,45,46,47,48,50,56,57,58,59)/p+1. The highest BCUT2D eigenvalue weighted by molar-refractivity contribution is 7.79. The molecule has 2 aliphatic heterocycles. The number of ether oxygens (including phenoxy) is 1. The Balaban J connectivity index is 0.847. The zero-order valence-corrected chi connectivity index (χ0v) is 35.7. The summed E-state index contributed by atoms with van der Waals surface area (Å²) in [6.45, 7) is 5.59. The molecule has 1 saturated carbocycles. The summed E-state index contributed by atoms with van der Waals surface area (Å²) in [7, 11) is 1.48. The van der Waals surface area contributed by atoms with E-state index in [9.17, 15) is 24.4 Å². The lowest BCUT2D eigenvalue weighted by Gasteiger charge is -2.39. The van der Waals surface area contributed by atoms with Crippen LogP contribution in [0.5, 0.6) is 5.75 Å². The van der Waals surface area contributed by atoms with Gasteiger partial charge in [-0.15, -0.1) is 5.01 Å². The number of pyridine rings is 1. The Morgan fingerprint density at radius 3 is 2.52 bits per heavy atom. The van der Waals surface area contributed by atoms with Crippen LogP contribution in [-0.2, 0) is 4.79 Å². The van der Waals surface area contributed by atoms with Crippen LogP contribution in [0.4, 0.5) is 32.1 Å². The molecule has 1 aliphatic carbocycles. The first-order valence-electron chi connectivity index (χ1n) is 20.8. The van der Waals surface area contributed by atoms with Crippen molar-refractivity contribution in [1.82, 2.24) is 34.1 Å². The summed E-state index contributed by atoms with van der Waals surface area (Å²) in [5.41, 5.74) is 8.75. The summed E-state index contributed by atoms with van der Waals surface area (Å²) >= 11 is 4.53. The number of rotatable bonds is 17. The molecule has 4 heterocycles. The van der Waals surface area contributed by atoms with Crippen LogP contribution in [-0.4, -0.2) is 108 Å². The van der Waals surface area contributed by atoms with Crippen LogP contribution in [0.1, 0.15) is 66.4 Å². The summed E-state index contributed by atoms with van der Waals surface area (Å²) in [6, 6.07) is 12.5. The predicted molar refractivity (Wildman–Crippen MR) is 239 cm³/mol. The summed E-state index contributed by atoms with van der Waals surface area (Å²) < 4.78 is 21.5. The van der Waals surface area contributed by atoms with E-state index in [0.29, 0.717) is 72.5 Å². The van der Waals surface area contributed by atoms with Crippen molar-refractivity contribution in [3.05, 3.63) is 93.8 Å². The molecule has 6 N–H and O–H groups in total. The normalized spacial score (nSPS) is 17.6. The number of piperazine rings is 1. The number of allylic oxidation sites excluding steroid dienone is 1. The molecule has 0 spiro atoms. The number of nitrogens with one attached hydrogen (secondary N) is 3. The molecule has 0 bridgehead atoms. The zero-order chi connectivity index (χ0) is 44.0. The fourth-order valence-electron chi connectivity index (χ4n) is 7.42. The molecular formula is C43H53FN11O6S+. The number of carbonyl (C=O) groups excluding carboxylic acids is 3. The lowest BCUT2D eigenvalue weighted by Crippen LogP contribution is -2.59. The van der Waals surface area contributed by atoms with Gasteiger partial charge in [-0.3, -0.25) is 34.0 Å². The molecule has 3 aliphatic rings. The molecule has 328 valence electrons. The quantitative estimate of drug-likeness (QED) is 0.0276. The average molecular weight is 871 g/mol. The van der Waals surface area contributed by atoms with Crippen molar-refractivity contribution in [2.45, 2.75) is 57.9 Å². The van der Waals surface area contributed by atoms with Crippen LogP contribution in [0.25, 0.3) is 11.2 Å². The van der Waals surface area contributed by atoms with Crippen LogP contribution >= 0.6 is 12.8 Å². The number of methoxy groups -OCH3 is 1. The molecule has 1 unspecified atom stereocenters. The maximum absolute atomic E-state index is 15.6. The Labute approximate surface area is 364 Å². The number of anilines is 3. The van der Waals surface area contributed by atoms with Gasteiger partial charge in [-0.2, -0.15) is 5.21 Å². The van der Waals surface area contributed by atoms with Crippen molar-refractivity contribution in [1.29, 1.82) is 0 Å². The first kappa shape index (κ1) is 44.2. The van der Waals surface area contributed by atoms with Gasteiger partial charge in [-0.1, -0.05) is 12.8 Å². The molecule has 1 atom stereocenters. The number of amides is 4. The van der Waals surface area contributed by atoms with Crippen molar-refractivity contribution in [2.24, 2.45) is 10.7 Å². The summed E-state index contributed by atoms with van der Waals surface area (Å²) in [4.78, 5) is 63.1. The minimum atomic E-state index is -0.912. The number of aliphatic imine (C=N–C) groups is 1. The highest BCUT2D eigenvalue weighted by atomic mass is 32.1.